The Balaban J connectivity index is 1.82. The fourth-order valence-electron chi connectivity index (χ4n) is 3.76. The summed E-state index contributed by atoms with van der Waals surface area (Å²) in [6.07, 6.45) is 3.72. The SMILES string of the molecule is CC(C)(C)CC(C)(C)NC(=O)Cn1cnc2c(cnn2-c2ccccc2)c1=O. The van der Waals surface area contributed by atoms with E-state index in [0.717, 1.165) is 12.1 Å². The normalized spacial score (nSPS) is 12.3. The number of amides is 1. The van der Waals surface area contributed by atoms with E-state index in [1.165, 1.54) is 17.1 Å². The van der Waals surface area contributed by atoms with Crippen LogP contribution in [0.2, 0.25) is 0 Å². The Morgan fingerprint density at radius 1 is 1.11 bits per heavy atom. The van der Waals surface area contributed by atoms with Crippen LogP contribution in [-0.4, -0.2) is 30.8 Å². The monoisotopic (exact) mass is 381 g/mol. The van der Waals surface area contributed by atoms with Crippen molar-refractivity contribution in [1.29, 1.82) is 0 Å². The summed E-state index contributed by atoms with van der Waals surface area (Å²) in [5.41, 5.74) is 0.732. The molecule has 0 fully saturated rings. The molecular weight excluding hydrogens is 354 g/mol. The average Bonchev–Trinajstić information content (AvgIpc) is 3.00. The Labute approximate surface area is 164 Å². The lowest BCUT2D eigenvalue weighted by Gasteiger charge is -2.33. The predicted octanol–water partition coefficient (Wildman–Crippen LogP) is 2.91. The summed E-state index contributed by atoms with van der Waals surface area (Å²) in [6.45, 7) is 10.3. The molecule has 2 aromatic heterocycles. The second-order valence-corrected chi connectivity index (χ2v) is 8.98. The minimum atomic E-state index is -0.366. The Bertz CT molecular complexity index is 1040. The molecule has 0 unspecified atom stereocenters. The maximum atomic E-state index is 12.8. The first kappa shape index (κ1) is 19.8. The molecule has 0 atom stereocenters. The van der Waals surface area contributed by atoms with Crippen molar-refractivity contribution in [2.45, 2.75) is 53.1 Å². The molecule has 3 rings (SSSR count). The number of rotatable bonds is 5. The first-order valence-corrected chi connectivity index (χ1v) is 9.35. The number of nitrogens with one attached hydrogen (secondary N) is 1. The molecular formula is C21H27N5O2. The summed E-state index contributed by atoms with van der Waals surface area (Å²) in [4.78, 5) is 29.7. The van der Waals surface area contributed by atoms with Gasteiger partial charge in [0.1, 0.15) is 18.3 Å². The highest BCUT2D eigenvalue weighted by atomic mass is 16.2. The topological polar surface area (TPSA) is 81.8 Å². The highest BCUT2D eigenvalue weighted by molar-refractivity contribution is 5.78. The van der Waals surface area contributed by atoms with E-state index < -0.39 is 0 Å². The Morgan fingerprint density at radius 3 is 2.43 bits per heavy atom. The Morgan fingerprint density at radius 2 is 1.79 bits per heavy atom. The molecule has 0 aliphatic carbocycles. The number of para-hydroxylation sites is 1. The van der Waals surface area contributed by atoms with Gasteiger partial charge in [0.2, 0.25) is 5.91 Å². The molecule has 2 heterocycles. The van der Waals surface area contributed by atoms with E-state index in [0.29, 0.717) is 11.0 Å². The molecule has 0 radical (unpaired) electrons. The number of carbonyl (C=O) groups is 1. The Hall–Kier alpha value is -2.96. The largest absolute Gasteiger partial charge is 0.350 e. The van der Waals surface area contributed by atoms with Crippen LogP contribution in [0, 0.1) is 5.41 Å². The molecule has 7 heteroatoms. The first-order chi connectivity index (χ1) is 13.1. The van der Waals surface area contributed by atoms with Crippen LogP contribution in [0.5, 0.6) is 0 Å². The van der Waals surface area contributed by atoms with Gasteiger partial charge in [-0.1, -0.05) is 39.0 Å². The summed E-state index contributed by atoms with van der Waals surface area (Å²) in [6, 6.07) is 9.49. The van der Waals surface area contributed by atoms with Gasteiger partial charge in [0, 0.05) is 5.54 Å². The van der Waals surface area contributed by atoms with Crippen molar-refractivity contribution in [2.75, 3.05) is 0 Å². The molecule has 0 bridgehead atoms. The van der Waals surface area contributed by atoms with Gasteiger partial charge in [0.25, 0.3) is 5.56 Å². The molecule has 3 aromatic rings. The van der Waals surface area contributed by atoms with Gasteiger partial charge in [-0.05, 0) is 37.8 Å². The minimum Gasteiger partial charge on any atom is -0.350 e. The van der Waals surface area contributed by atoms with Crippen LogP contribution >= 0.6 is 0 Å². The minimum absolute atomic E-state index is 0.0775. The van der Waals surface area contributed by atoms with Crippen LogP contribution < -0.4 is 10.9 Å². The third kappa shape index (κ3) is 4.47. The van der Waals surface area contributed by atoms with E-state index in [9.17, 15) is 9.59 Å². The van der Waals surface area contributed by atoms with Crippen LogP contribution in [-0.2, 0) is 11.3 Å². The van der Waals surface area contributed by atoms with Crippen molar-refractivity contribution in [3.63, 3.8) is 0 Å². The van der Waals surface area contributed by atoms with Gasteiger partial charge in [0.15, 0.2) is 5.65 Å². The third-order valence-electron chi connectivity index (χ3n) is 4.32. The molecule has 148 valence electrons. The first-order valence-electron chi connectivity index (χ1n) is 9.35. The number of hydrogen-bond acceptors (Lipinski definition) is 4. The standard InChI is InChI=1S/C21H27N5O2/c1-20(2,3)13-21(4,5)24-17(27)12-25-14-22-18-16(19(25)28)11-23-26(18)15-9-7-6-8-10-15/h6-11,14H,12-13H2,1-5H3,(H,24,27). The van der Waals surface area contributed by atoms with E-state index >= 15 is 0 Å². The second kappa shape index (κ2) is 7.22. The summed E-state index contributed by atoms with van der Waals surface area (Å²) >= 11 is 0. The highest BCUT2D eigenvalue weighted by Gasteiger charge is 2.27. The molecule has 0 saturated heterocycles. The molecule has 1 N–H and O–H groups in total. The van der Waals surface area contributed by atoms with Gasteiger partial charge < -0.3 is 5.32 Å². The molecule has 28 heavy (non-hydrogen) atoms. The van der Waals surface area contributed by atoms with Crippen molar-refractivity contribution in [1.82, 2.24) is 24.6 Å². The third-order valence-corrected chi connectivity index (χ3v) is 4.32. The van der Waals surface area contributed by atoms with E-state index in [1.54, 1.807) is 4.68 Å². The Kier molecular flexibility index (Phi) is 5.10. The number of benzene rings is 1. The smallest absolute Gasteiger partial charge is 0.264 e. The van der Waals surface area contributed by atoms with Gasteiger partial charge in [-0.2, -0.15) is 5.10 Å². The number of fused-ring (bicyclic) bond motifs is 1. The van der Waals surface area contributed by atoms with Crippen LogP contribution in [0.3, 0.4) is 0 Å². The zero-order valence-corrected chi connectivity index (χ0v) is 17.1. The number of aromatic nitrogens is 4. The maximum absolute atomic E-state index is 12.8. The van der Waals surface area contributed by atoms with Crippen molar-refractivity contribution in [3.8, 4) is 5.69 Å². The highest BCUT2D eigenvalue weighted by Crippen LogP contribution is 2.26. The molecule has 0 spiro atoms. The summed E-state index contributed by atoms with van der Waals surface area (Å²) < 4.78 is 2.94. The fraction of sp³-hybridized carbons (Fsp3) is 0.429. The van der Waals surface area contributed by atoms with Gasteiger partial charge >= 0.3 is 0 Å². The molecule has 0 aliphatic heterocycles. The van der Waals surface area contributed by atoms with Crippen LogP contribution in [0.4, 0.5) is 0 Å². The number of hydrogen-bond donors (Lipinski definition) is 1. The van der Waals surface area contributed by atoms with Crippen molar-refractivity contribution < 1.29 is 4.79 Å². The second-order valence-electron chi connectivity index (χ2n) is 8.98. The lowest BCUT2D eigenvalue weighted by molar-refractivity contribution is -0.123. The summed E-state index contributed by atoms with van der Waals surface area (Å²) in [7, 11) is 0. The van der Waals surface area contributed by atoms with E-state index in [2.05, 4.69) is 36.2 Å². The predicted molar refractivity (Wildman–Crippen MR) is 109 cm³/mol. The van der Waals surface area contributed by atoms with Crippen molar-refractivity contribution in [3.05, 3.63) is 53.2 Å². The molecule has 0 aliphatic rings. The zero-order chi connectivity index (χ0) is 20.5. The zero-order valence-electron chi connectivity index (χ0n) is 17.1. The number of nitrogens with zero attached hydrogens (tertiary/aromatic N) is 4. The van der Waals surface area contributed by atoms with Gasteiger partial charge in [-0.3, -0.25) is 14.2 Å². The quantitative estimate of drug-likeness (QED) is 0.737. The van der Waals surface area contributed by atoms with E-state index in [-0.39, 0.29) is 29.0 Å². The summed E-state index contributed by atoms with van der Waals surface area (Å²) in [5.74, 6) is -0.215. The molecule has 0 saturated carbocycles. The maximum Gasteiger partial charge on any atom is 0.264 e. The average molecular weight is 381 g/mol. The lowest BCUT2D eigenvalue weighted by Crippen LogP contribution is -2.47. The van der Waals surface area contributed by atoms with E-state index in [1.807, 2.05) is 44.2 Å². The summed E-state index contributed by atoms with van der Waals surface area (Å²) in [5, 5.41) is 7.69. The fourth-order valence-corrected chi connectivity index (χ4v) is 3.76. The van der Waals surface area contributed by atoms with Crippen molar-refractivity contribution in [2.24, 2.45) is 5.41 Å². The van der Waals surface area contributed by atoms with Crippen LogP contribution in [0.1, 0.15) is 41.0 Å². The molecule has 1 amide bonds. The lowest BCUT2D eigenvalue weighted by atomic mass is 9.82. The van der Waals surface area contributed by atoms with Gasteiger partial charge in [-0.25, -0.2) is 9.67 Å². The number of carbonyl (C=O) groups excluding carboxylic acids is 1. The van der Waals surface area contributed by atoms with Crippen LogP contribution in [0.25, 0.3) is 16.7 Å². The molecule has 1 aromatic carbocycles. The van der Waals surface area contributed by atoms with Crippen molar-refractivity contribution >= 4 is 16.9 Å². The van der Waals surface area contributed by atoms with E-state index in [4.69, 9.17) is 0 Å². The van der Waals surface area contributed by atoms with Crippen LogP contribution in [0.15, 0.2) is 47.7 Å². The van der Waals surface area contributed by atoms with Gasteiger partial charge in [0.05, 0.1) is 11.9 Å². The van der Waals surface area contributed by atoms with Gasteiger partial charge in [-0.15, -0.1) is 0 Å². The molecule has 7 nitrogen and oxygen atoms in total.